The van der Waals surface area contributed by atoms with Crippen molar-refractivity contribution in [3.63, 3.8) is 0 Å². The zero-order valence-electron chi connectivity index (χ0n) is 17.6. The monoisotopic (exact) mass is 430 g/mol. The molecule has 160 valence electrons. The van der Waals surface area contributed by atoms with E-state index in [1.165, 1.54) is 13.8 Å². The van der Waals surface area contributed by atoms with Crippen LogP contribution in [-0.2, 0) is 19.9 Å². The van der Waals surface area contributed by atoms with Crippen molar-refractivity contribution in [1.82, 2.24) is 0 Å². The van der Waals surface area contributed by atoms with E-state index in [1.807, 2.05) is 19.1 Å². The molecule has 2 aliphatic rings. The summed E-state index contributed by atoms with van der Waals surface area (Å²) in [7, 11) is 0. The first-order chi connectivity index (χ1) is 15.3. The van der Waals surface area contributed by atoms with Crippen molar-refractivity contribution >= 4 is 17.9 Å². The molecule has 32 heavy (non-hydrogen) atoms. The number of esters is 3. The van der Waals surface area contributed by atoms with E-state index in [4.69, 9.17) is 18.9 Å². The largest absolute Gasteiger partial charge is 0.456 e. The number of aryl methyl sites for hydroxylation is 1. The van der Waals surface area contributed by atoms with Crippen molar-refractivity contribution in [2.24, 2.45) is 0 Å². The van der Waals surface area contributed by atoms with Crippen LogP contribution < -0.4 is 14.2 Å². The van der Waals surface area contributed by atoms with E-state index in [0.717, 1.165) is 5.56 Å². The lowest BCUT2D eigenvalue weighted by molar-refractivity contribution is -0.132. The molecular formula is C25H18O7. The molecule has 0 saturated heterocycles. The van der Waals surface area contributed by atoms with Crippen molar-refractivity contribution in [3.05, 3.63) is 82.4 Å². The molecule has 0 N–H and O–H groups in total. The topological polar surface area (TPSA) is 88.1 Å². The van der Waals surface area contributed by atoms with Gasteiger partial charge in [-0.3, -0.25) is 9.59 Å². The smallest absolute Gasteiger partial charge is 0.340 e. The van der Waals surface area contributed by atoms with Gasteiger partial charge >= 0.3 is 17.9 Å². The first-order valence-electron chi connectivity index (χ1n) is 9.96. The number of carbonyl (C=O) groups excluding carboxylic acids is 3. The third-order valence-corrected chi connectivity index (χ3v) is 5.43. The molecule has 3 aromatic carbocycles. The summed E-state index contributed by atoms with van der Waals surface area (Å²) in [4.78, 5) is 35.8. The Balaban J connectivity index is 1.78. The molecule has 0 radical (unpaired) electrons. The Kier molecular flexibility index (Phi) is 4.30. The van der Waals surface area contributed by atoms with Crippen LogP contribution in [0, 0.1) is 6.92 Å². The first kappa shape index (κ1) is 19.8. The normalized spacial score (nSPS) is 14.5. The Morgan fingerprint density at radius 2 is 1.34 bits per heavy atom. The minimum atomic E-state index is -1.26. The van der Waals surface area contributed by atoms with Crippen LogP contribution in [-0.4, -0.2) is 17.9 Å². The van der Waals surface area contributed by atoms with E-state index >= 15 is 0 Å². The van der Waals surface area contributed by atoms with Crippen LogP contribution >= 0.6 is 0 Å². The highest BCUT2D eigenvalue weighted by Gasteiger charge is 2.53. The predicted octanol–water partition coefficient (Wildman–Crippen LogP) is 4.41. The van der Waals surface area contributed by atoms with Crippen molar-refractivity contribution in [2.45, 2.75) is 26.4 Å². The van der Waals surface area contributed by atoms with Gasteiger partial charge in [-0.05, 0) is 37.3 Å². The molecule has 3 aromatic rings. The van der Waals surface area contributed by atoms with Gasteiger partial charge in [0, 0.05) is 42.7 Å². The SMILES string of the molecule is CC(=O)Oc1ccc2c(c1)Oc1cc(OC(C)=O)ccc1C21OC(=O)c2ccc(C)cc21. The van der Waals surface area contributed by atoms with E-state index in [9.17, 15) is 14.4 Å². The van der Waals surface area contributed by atoms with Crippen molar-refractivity contribution in [3.8, 4) is 23.0 Å². The van der Waals surface area contributed by atoms with E-state index < -0.39 is 23.5 Å². The Labute approximate surface area is 183 Å². The van der Waals surface area contributed by atoms with Crippen LogP contribution in [0.1, 0.15) is 46.5 Å². The molecular weight excluding hydrogens is 412 g/mol. The molecule has 0 aromatic heterocycles. The molecule has 7 heteroatoms. The highest BCUT2D eigenvalue weighted by molar-refractivity contribution is 5.97. The molecule has 0 fully saturated rings. The third-order valence-electron chi connectivity index (χ3n) is 5.43. The lowest BCUT2D eigenvalue weighted by Gasteiger charge is -2.36. The van der Waals surface area contributed by atoms with Crippen molar-refractivity contribution in [2.75, 3.05) is 0 Å². The lowest BCUT2D eigenvalue weighted by atomic mass is 9.77. The molecule has 0 atom stereocenters. The van der Waals surface area contributed by atoms with E-state index in [-0.39, 0.29) is 0 Å². The molecule has 0 bridgehead atoms. The molecule has 0 aliphatic carbocycles. The van der Waals surface area contributed by atoms with Crippen LogP contribution in [0.2, 0.25) is 0 Å². The van der Waals surface area contributed by atoms with Crippen LogP contribution in [0.5, 0.6) is 23.0 Å². The quantitative estimate of drug-likeness (QED) is 0.439. The van der Waals surface area contributed by atoms with Crippen molar-refractivity contribution in [1.29, 1.82) is 0 Å². The van der Waals surface area contributed by atoms with Crippen molar-refractivity contribution < 1.29 is 33.3 Å². The summed E-state index contributed by atoms with van der Waals surface area (Å²) in [5.74, 6) is -0.0918. The Bertz CT molecular complexity index is 1260. The fourth-order valence-electron chi connectivity index (χ4n) is 4.25. The third kappa shape index (κ3) is 2.93. The number of hydrogen-bond donors (Lipinski definition) is 0. The zero-order valence-corrected chi connectivity index (χ0v) is 17.6. The van der Waals surface area contributed by atoms with Crippen LogP contribution in [0.4, 0.5) is 0 Å². The average molecular weight is 430 g/mol. The van der Waals surface area contributed by atoms with Crippen LogP contribution in [0.25, 0.3) is 0 Å². The summed E-state index contributed by atoms with van der Waals surface area (Å²) in [5, 5.41) is 0. The molecule has 5 rings (SSSR count). The van der Waals surface area contributed by atoms with Gasteiger partial charge in [-0.1, -0.05) is 17.7 Å². The molecule has 0 unspecified atom stereocenters. The van der Waals surface area contributed by atoms with Crippen LogP contribution in [0.3, 0.4) is 0 Å². The van der Waals surface area contributed by atoms with E-state index in [0.29, 0.717) is 45.3 Å². The zero-order chi connectivity index (χ0) is 22.6. The second-order valence-corrected chi connectivity index (χ2v) is 7.73. The van der Waals surface area contributed by atoms with Gasteiger partial charge < -0.3 is 18.9 Å². The molecule has 7 nitrogen and oxygen atoms in total. The summed E-state index contributed by atoms with van der Waals surface area (Å²) in [6, 6.07) is 15.4. The number of carbonyl (C=O) groups is 3. The van der Waals surface area contributed by atoms with Gasteiger partial charge in [0.25, 0.3) is 0 Å². The van der Waals surface area contributed by atoms with Gasteiger partial charge in [-0.2, -0.15) is 0 Å². The standard InChI is InChI=1S/C25H18O7/c1-13-4-7-18-21(10-13)25(32-24(18)28)19-8-5-16(29-14(2)26)11-22(19)31-23-12-17(30-15(3)27)6-9-20(23)25/h4-12H,1-3H3. The highest BCUT2D eigenvalue weighted by atomic mass is 16.6. The Hall–Kier alpha value is -4.13. The maximum absolute atomic E-state index is 12.9. The van der Waals surface area contributed by atoms with Crippen LogP contribution in [0.15, 0.2) is 54.6 Å². The second kappa shape index (κ2) is 6.95. The van der Waals surface area contributed by atoms with Gasteiger partial charge in [-0.25, -0.2) is 4.79 Å². The first-order valence-corrected chi connectivity index (χ1v) is 9.96. The van der Waals surface area contributed by atoms with Gasteiger partial charge in [-0.15, -0.1) is 0 Å². The maximum Gasteiger partial charge on any atom is 0.340 e. The maximum atomic E-state index is 12.9. The fraction of sp³-hybridized carbons (Fsp3) is 0.160. The number of rotatable bonds is 2. The minimum Gasteiger partial charge on any atom is -0.456 e. The van der Waals surface area contributed by atoms with E-state index in [1.54, 1.807) is 42.5 Å². The predicted molar refractivity (Wildman–Crippen MR) is 112 cm³/mol. The second-order valence-electron chi connectivity index (χ2n) is 7.73. The van der Waals surface area contributed by atoms with Gasteiger partial charge in [0.05, 0.1) is 5.56 Å². The van der Waals surface area contributed by atoms with Gasteiger partial charge in [0.2, 0.25) is 0 Å². The Morgan fingerprint density at radius 1 is 0.781 bits per heavy atom. The summed E-state index contributed by atoms with van der Waals surface area (Å²) in [6.07, 6.45) is 0. The number of ether oxygens (including phenoxy) is 4. The number of fused-ring (bicyclic) bond motifs is 6. The van der Waals surface area contributed by atoms with Gasteiger partial charge in [0.1, 0.15) is 23.0 Å². The average Bonchev–Trinajstić information content (AvgIpc) is 2.99. The summed E-state index contributed by atoms with van der Waals surface area (Å²) in [6.45, 7) is 4.55. The number of hydrogen-bond acceptors (Lipinski definition) is 7. The summed E-state index contributed by atoms with van der Waals surface area (Å²) < 4.78 is 22.6. The molecule has 2 aliphatic heterocycles. The van der Waals surface area contributed by atoms with E-state index in [2.05, 4.69) is 0 Å². The minimum absolute atomic E-state index is 0.291. The molecule has 0 saturated carbocycles. The molecule has 1 spiro atoms. The number of benzene rings is 3. The Morgan fingerprint density at radius 3 is 1.88 bits per heavy atom. The molecule has 2 heterocycles. The summed E-state index contributed by atoms with van der Waals surface area (Å²) in [5.41, 5.74) is 2.04. The lowest BCUT2D eigenvalue weighted by Crippen LogP contribution is -2.33. The summed E-state index contributed by atoms with van der Waals surface area (Å²) >= 11 is 0. The van der Waals surface area contributed by atoms with Gasteiger partial charge in [0.15, 0.2) is 5.60 Å². The molecule has 0 amide bonds. The fourth-order valence-corrected chi connectivity index (χ4v) is 4.25. The highest BCUT2D eigenvalue weighted by Crippen LogP contribution is 2.57.